The molecule has 0 saturated heterocycles. The van der Waals surface area contributed by atoms with E-state index in [0.717, 1.165) is 29.1 Å². The van der Waals surface area contributed by atoms with Crippen molar-refractivity contribution in [1.82, 2.24) is 9.97 Å². The summed E-state index contributed by atoms with van der Waals surface area (Å²) in [5.41, 5.74) is 0.954. The highest BCUT2D eigenvalue weighted by atomic mass is 79.9. The lowest BCUT2D eigenvalue weighted by Crippen LogP contribution is -2.07. The maximum Gasteiger partial charge on any atom is 0.224 e. The minimum Gasteiger partial charge on any atom is -0.365 e. The lowest BCUT2D eigenvalue weighted by atomic mass is 10.4. The molecule has 0 radical (unpaired) electrons. The first-order valence-corrected chi connectivity index (χ1v) is 7.41. The Morgan fingerprint density at radius 1 is 1.28 bits per heavy atom. The molecule has 0 bridgehead atoms. The normalized spacial score (nSPS) is 10.4. The average Bonchev–Trinajstić information content (AvgIpc) is 2.72. The maximum atomic E-state index is 4.40. The Morgan fingerprint density at radius 2 is 2.11 bits per heavy atom. The molecule has 0 fully saturated rings. The van der Waals surface area contributed by atoms with E-state index in [1.54, 1.807) is 11.3 Å². The first-order chi connectivity index (χ1) is 8.67. The fraction of sp³-hybridized carbons (Fsp3) is 0.333. The minimum atomic E-state index is 0.673. The van der Waals surface area contributed by atoms with Crippen molar-refractivity contribution < 1.29 is 0 Å². The van der Waals surface area contributed by atoms with Gasteiger partial charge in [0.05, 0.1) is 6.54 Å². The zero-order chi connectivity index (χ0) is 13.0. The van der Waals surface area contributed by atoms with Crippen LogP contribution in [0.1, 0.15) is 17.5 Å². The van der Waals surface area contributed by atoms with Crippen LogP contribution in [0.2, 0.25) is 0 Å². The molecule has 6 heteroatoms. The third-order valence-electron chi connectivity index (χ3n) is 2.25. The maximum absolute atomic E-state index is 4.40. The highest BCUT2D eigenvalue weighted by Crippen LogP contribution is 2.20. The Balaban J connectivity index is 2.04. The molecule has 0 atom stereocenters. The van der Waals surface area contributed by atoms with Gasteiger partial charge in [-0.2, -0.15) is 4.98 Å². The summed E-state index contributed by atoms with van der Waals surface area (Å²) < 4.78 is 1.12. The summed E-state index contributed by atoms with van der Waals surface area (Å²) in [6.07, 6.45) is 0. The Hall–Kier alpha value is -1.14. The smallest absolute Gasteiger partial charge is 0.224 e. The van der Waals surface area contributed by atoms with Gasteiger partial charge in [0.15, 0.2) is 0 Å². The van der Waals surface area contributed by atoms with E-state index in [-0.39, 0.29) is 0 Å². The second-order valence-electron chi connectivity index (χ2n) is 3.83. The molecular weight excluding hydrogens is 312 g/mol. The highest BCUT2D eigenvalue weighted by molar-refractivity contribution is 9.10. The molecule has 0 unspecified atom stereocenters. The van der Waals surface area contributed by atoms with E-state index in [2.05, 4.69) is 48.0 Å². The molecule has 0 saturated carbocycles. The number of halogens is 1. The molecule has 0 aliphatic heterocycles. The molecule has 2 aromatic rings. The summed E-state index contributed by atoms with van der Waals surface area (Å²) in [4.78, 5) is 9.99. The fourth-order valence-corrected chi connectivity index (χ4v) is 2.91. The van der Waals surface area contributed by atoms with Crippen LogP contribution in [0, 0.1) is 6.92 Å². The van der Waals surface area contributed by atoms with Crippen LogP contribution in [0.3, 0.4) is 0 Å². The second kappa shape index (κ2) is 6.15. The lowest BCUT2D eigenvalue weighted by Gasteiger charge is -2.08. The van der Waals surface area contributed by atoms with Gasteiger partial charge in [0.2, 0.25) is 5.95 Å². The van der Waals surface area contributed by atoms with E-state index in [1.807, 2.05) is 19.9 Å². The van der Waals surface area contributed by atoms with E-state index in [1.165, 1.54) is 4.88 Å². The Kier molecular flexibility index (Phi) is 4.54. The molecule has 0 aliphatic carbocycles. The van der Waals surface area contributed by atoms with Crippen LogP contribution < -0.4 is 10.6 Å². The Morgan fingerprint density at radius 3 is 2.78 bits per heavy atom. The van der Waals surface area contributed by atoms with Crippen LogP contribution in [0.15, 0.2) is 22.0 Å². The van der Waals surface area contributed by atoms with E-state index >= 15 is 0 Å². The SMILES string of the molecule is CCNc1nc(C)cc(NCc2cc(Br)cs2)n1. The molecule has 4 nitrogen and oxygen atoms in total. The lowest BCUT2D eigenvalue weighted by molar-refractivity contribution is 1.03. The number of nitrogens with zero attached hydrogens (tertiary/aromatic N) is 2. The van der Waals surface area contributed by atoms with Gasteiger partial charge in [0.1, 0.15) is 5.82 Å². The van der Waals surface area contributed by atoms with E-state index in [9.17, 15) is 0 Å². The quantitative estimate of drug-likeness (QED) is 0.880. The first kappa shape index (κ1) is 13.3. The standard InChI is InChI=1S/C12H15BrN4S/c1-3-14-12-16-8(2)4-11(17-12)15-6-10-5-9(13)7-18-10/h4-5,7H,3,6H2,1-2H3,(H2,14,15,16,17). The number of hydrogen-bond donors (Lipinski definition) is 2. The summed E-state index contributed by atoms with van der Waals surface area (Å²) in [5, 5.41) is 8.51. The van der Waals surface area contributed by atoms with Gasteiger partial charge >= 0.3 is 0 Å². The number of aryl methyl sites for hydroxylation is 1. The largest absolute Gasteiger partial charge is 0.365 e. The fourth-order valence-electron chi connectivity index (χ4n) is 1.52. The van der Waals surface area contributed by atoms with Gasteiger partial charge in [-0.05, 0) is 35.8 Å². The molecular formula is C12H15BrN4S. The topological polar surface area (TPSA) is 49.8 Å². The zero-order valence-corrected chi connectivity index (χ0v) is 12.7. The molecule has 2 N–H and O–H groups in total. The first-order valence-electron chi connectivity index (χ1n) is 5.73. The number of aromatic nitrogens is 2. The van der Waals surface area contributed by atoms with Gasteiger partial charge in [-0.1, -0.05) is 0 Å². The molecule has 2 rings (SSSR count). The Bertz CT molecular complexity index is 527. The number of rotatable bonds is 5. The summed E-state index contributed by atoms with van der Waals surface area (Å²) >= 11 is 5.17. The molecule has 2 aromatic heterocycles. The summed E-state index contributed by atoms with van der Waals surface area (Å²) in [7, 11) is 0. The third kappa shape index (κ3) is 3.68. The summed E-state index contributed by atoms with van der Waals surface area (Å²) in [6, 6.07) is 4.06. The number of anilines is 2. The van der Waals surface area contributed by atoms with Crippen LogP contribution in [-0.4, -0.2) is 16.5 Å². The molecule has 0 spiro atoms. The number of thiophene rings is 1. The predicted molar refractivity (Wildman–Crippen MR) is 80.3 cm³/mol. The number of nitrogens with one attached hydrogen (secondary N) is 2. The van der Waals surface area contributed by atoms with Gasteiger partial charge in [-0.15, -0.1) is 11.3 Å². The van der Waals surface area contributed by atoms with Crippen LogP contribution in [0.4, 0.5) is 11.8 Å². The summed E-state index contributed by atoms with van der Waals surface area (Å²) in [5.74, 6) is 1.52. The molecule has 0 aromatic carbocycles. The molecule has 0 amide bonds. The van der Waals surface area contributed by atoms with Crippen molar-refractivity contribution in [2.24, 2.45) is 0 Å². The van der Waals surface area contributed by atoms with Gasteiger partial charge in [0, 0.05) is 33.0 Å². The van der Waals surface area contributed by atoms with Gasteiger partial charge in [0.25, 0.3) is 0 Å². The van der Waals surface area contributed by atoms with Crippen molar-refractivity contribution in [3.63, 3.8) is 0 Å². The average molecular weight is 327 g/mol. The van der Waals surface area contributed by atoms with Crippen molar-refractivity contribution in [2.75, 3.05) is 17.2 Å². The van der Waals surface area contributed by atoms with Crippen LogP contribution in [0.25, 0.3) is 0 Å². The van der Waals surface area contributed by atoms with Gasteiger partial charge in [-0.25, -0.2) is 4.98 Å². The second-order valence-corrected chi connectivity index (χ2v) is 5.74. The van der Waals surface area contributed by atoms with Crippen molar-refractivity contribution in [3.05, 3.63) is 32.6 Å². The van der Waals surface area contributed by atoms with Crippen LogP contribution in [-0.2, 0) is 6.54 Å². The molecule has 2 heterocycles. The third-order valence-corrected chi connectivity index (χ3v) is 3.95. The number of hydrogen-bond acceptors (Lipinski definition) is 5. The van der Waals surface area contributed by atoms with E-state index in [0.29, 0.717) is 5.95 Å². The van der Waals surface area contributed by atoms with Crippen molar-refractivity contribution in [3.8, 4) is 0 Å². The van der Waals surface area contributed by atoms with Gasteiger partial charge < -0.3 is 10.6 Å². The van der Waals surface area contributed by atoms with Crippen molar-refractivity contribution in [2.45, 2.75) is 20.4 Å². The minimum absolute atomic E-state index is 0.673. The zero-order valence-electron chi connectivity index (χ0n) is 10.3. The van der Waals surface area contributed by atoms with Gasteiger partial charge in [-0.3, -0.25) is 0 Å². The summed E-state index contributed by atoms with van der Waals surface area (Å²) in [6.45, 7) is 5.59. The molecule has 0 aliphatic rings. The van der Waals surface area contributed by atoms with E-state index in [4.69, 9.17) is 0 Å². The Labute approximate surface area is 119 Å². The molecule has 96 valence electrons. The predicted octanol–water partition coefficient (Wildman–Crippen LogP) is 3.65. The highest BCUT2D eigenvalue weighted by Gasteiger charge is 2.02. The van der Waals surface area contributed by atoms with Crippen molar-refractivity contribution in [1.29, 1.82) is 0 Å². The van der Waals surface area contributed by atoms with Crippen LogP contribution in [0.5, 0.6) is 0 Å². The van der Waals surface area contributed by atoms with Crippen LogP contribution >= 0.6 is 27.3 Å². The van der Waals surface area contributed by atoms with E-state index < -0.39 is 0 Å². The monoisotopic (exact) mass is 326 g/mol. The molecule has 18 heavy (non-hydrogen) atoms. The van der Waals surface area contributed by atoms with Crippen molar-refractivity contribution >= 4 is 39.0 Å².